The number of anilines is 1. The molecule has 0 saturated carbocycles. The molecule has 0 fully saturated rings. The molecule has 2 amide bonds. The predicted molar refractivity (Wildman–Crippen MR) is 61.2 cm³/mol. The van der Waals surface area contributed by atoms with Crippen molar-refractivity contribution in [2.24, 2.45) is 4.36 Å². The van der Waals surface area contributed by atoms with Crippen LogP contribution in [0.5, 0.6) is 0 Å². The first kappa shape index (κ1) is 12.3. The number of carbonyl (C=O) groups excluding carboxylic acids is 2. The number of amides is 2. The third kappa shape index (κ3) is 3.09. The lowest BCUT2D eigenvalue weighted by molar-refractivity contribution is 0.0527. The predicted octanol–water partition coefficient (Wildman–Crippen LogP) is 2.13. The summed E-state index contributed by atoms with van der Waals surface area (Å²) in [5, 5.41) is 2.39. The number of rotatable bonds is 3. The number of urea groups is 1. The fourth-order valence-corrected chi connectivity index (χ4v) is 1.16. The van der Waals surface area contributed by atoms with Crippen LogP contribution in [0.2, 0.25) is 0 Å². The molecule has 0 atom stereocenters. The smallest absolute Gasteiger partial charge is 0.356 e. The van der Waals surface area contributed by atoms with Crippen LogP contribution in [0.25, 0.3) is 0 Å². The Morgan fingerprint density at radius 2 is 2.12 bits per heavy atom. The van der Waals surface area contributed by atoms with E-state index in [0.29, 0.717) is 5.69 Å². The van der Waals surface area contributed by atoms with Crippen molar-refractivity contribution in [2.75, 3.05) is 11.9 Å². The van der Waals surface area contributed by atoms with Gasteiger partial charge in [0.15, 0.2) is 0 Å². The minimum Gasteiger partial charge on any atom is -0.462 e. The van der Waals surface area contributed by atoms with Gasteiger partial charge < -0.3 is 10.1 Å². The van der Waals surface area contributed by atoms with Crippen molar-refractivity contribution in [3.8, 4) is 0 Å². The summed E-state index contributed by atoms with van der Waals surface area (Å²) in [6.45, 7) is 1.98. The highest BCUT2D eigenvalue weighted by atomic mass is 32.1. The number of carbonyl (C=O) groups is 2. The van der Waals surface area contributed by atoms with E-state index in [2.05, 4.69) is 22.1 Å². The van der Waals surface area contributed by atoms with Gasteiger partial charge in [-0.15, -0.1) is 4.36 Å². The minimum atomic E-state index is -0.688. The van der Waals surface area contributed by atoms with Crippen LogP contribution in [0.1, 0.15) is 17.3 Å². The first-order chi connectivity index (χ1) is 7.69. The van der Waals surface area contributed by atoms with E-state index in [9.17, 15) is 9.59 Å². The van der Waals surface area contributed by atoms with Crippen molar-refractivity contribution in [3.05, 3.63) is 29.8 Å². The number of hydrogen-bond acceptors (Lipinski definition) is 4. The highest BCUT2D eigenvalue weighted by Crippen LogP contribution is 2.16. The van der Waals surface area contributed by atoms with Crippen molar-refractivity contribution in [1.82, 2.24) is 0 Å². The highest BCUT2D eigenvalue weighted by Gasteiger charge is 2.12. The van der Waals surface area contributed by atoms with Crippen molar-refractivity contribution >= 4 is 30.1 Å². The SMILES string of the molecule is CCOC(=O)c1ccccc1NC(=O)N=S. The van der Waals surface area contributed by atoms with E-state index in [-0.39, 0.29) is 12.2 Å². The van der Waals surface area contributed by atoms with Crippen LogP contribution in [0.4, 0.5) is 10.5 Å². The van der Waals surface area contributed by atoms with Gasteiger partial charge in [0, 0.05) is 12.4 Å². The first-order valence-electron chi connectivity index (χ1n) is 4.59. The monoisotopic (exact) mass is 238 g/mol. The maximum absolute atomic E-state index is 11.5. The summed E-state index contributed by atoms with van der Waals surface area (Å²) in [6, 6.07) is 5.79. The Morgan fingerprint density at radius 1 is 1.44 bits per heavy atom. The maximum atomic E-state index is 11.5. The maximum Gasteiger partial charge on any atom is 0.356 e. The molecule has 0 aromatic heterocycles. The fourth-order valence-electron chi connectivity index (χ4n) is 1.12. The van der Waals surface area contributed by atoms with Gasteiger partial charge in [-0.25, -0.2) is 9.59 Å². The molecule has 0 saturated heterocycles. The van der Waals surface area contributed by atoms with Crippen LogP contribution in [0, 0.1) is 0 Å². The second kappa shape index (κ2) is 5.92. The molecule has 0 aliphatic carbocycles. The molecule has 5 nitrogen and oxygen atoms in total. The van der Waals surface area contributed by atoms with Gasteiger partial charge >= 0.3 is 12.0 Å². The molecular weight excluding hydrogens is 228 g/mol. The van der Waals surface area contributed by atoms with Gasteiger partial charge in [-0.05, 0) is 19.1 Å². The second-order valence-corrected chi connectivity index (χ2v) is 2.97. The Bertz CT molecular complexity index is 420. The van der Waals surface area contributed by atoms with E-state index in [1.807, 2.05) is 0 Å². The average molecular weight is 238 g/mol. The van der Waals surface area contributed by atoms with Crippen LogP contribution in [-0.4, -0.2) is 18.6 Å². The lowest BCUT2D eigenvalue weighted by Crippen LogP contribution is -2.12. The largest absolute Gasteiger partial charge is 0.462 e. The van der Waals surface area contributed by atoms with Crippen molar-refractivity contribution in [3.63, 3.8) is 0 Å². The van der Waals surface area contributed by atoms with E-state index in [1.165, 1.54) is 0 Å². The topological polar surface area (TPSA) is 67.8 Å². The normalized spacial score (nSPS) is 9.31. The fraction of sp³-hybridized carbons (Fsp3) is 0.200. The van der Waals surface area contributed by atoms with E-state index in [4.69, 9.17) is 4.74 Å². The summed E-state index contributed by atoms with van der Waals surface area (Å²) in [5.74, 6) is -0.497. The quantitative estimate of drug-likeness (QED) is 0.819. The number of hydrogen-bond donors (Lipinski definition) is 1. The Morgan fingerprint density at radius 3 is 2.75 bits per heavy atom. The van der Waals surface area contributed by atoms with Crippen LogP contribution in [0.15, 0.2) is 28.6 Å². The lowest BCUT2D eigenvalue weighted by atomic mass is 10.2. The summed E-state index contributed by atoms with van der Waals surface area (Å²) in [7, 11) is 0. The van der Waals surface area contributed by atoms with Gasteiger partial charge in [-0.2, -0.15) is 0 Å². The Hall–Kier alpha value is -1.82. The molecule has 1 aromatic rings. The number of para-hydroxylation sites is 1. The lowest BCUT2D eigenvalue weighted by Gasteiger charge is -2.07. The Labute approximate surface area is 98.0 Å². The molecule has 0 aliphatic rings. The van der Waals surface area contributed by atoms with Gasteiger partial charge in [-0.1, -0.05) is 12.1 Å². The zero-order valence-electron chi connectivity index (χ0n) is 8.60. The van der Waals surface area contributed by atoms with Crippen molar-refractivity contribution in [1.29, 1.82) is 0 Å². The van der Waals surface area contributed by atoms with Crippen LogP contribution >= 0.6 is 0 Å². The Balaban J connectivity index is 2.95. The number of ether oxygens (including phenoxy) is 1. The number of nitrogens with zero attached hydrogens (tertiary/aromatic N) is 1. The zero-order valence-corrected chi connectivity index (χ0v) is 9.41. The standard InChI is InChI=1S/C10H10N2O3S/c1-2-15-9(13)7-5-3-4-6-8(7)11-10(14)12-16/h3-6H,2H2,1H3,(H,11,14). The molecule has 0 spiro atoms. The molecule has 1 N–H and O–H groups in total. The van der Waals surface area contributed by atoms with Crippen LogP contribution in [-0.2, 0) is 17.2 Å². The summed E-state index contributed by atoms with van der Waals surface area (Å²) in [4.78, 5) is 22.5. The zero-order chi connectivity index (χ0) is 12.0. The molecule has 0 radical (unpaired) electrons. The molecule has 16 heavy (non-hydrogen) atoms. The summed E-state index contributed by atoms with van der Waals surface area (Å²) in [5.41, 5.74) is 0.607. The first-order valence-corrected chi connectivity index (χ1v) is 4.96. The summed E-state index contributed by atoms with van der Waals surface area (Å²) < 4.78 is 7.85. The molecule has 0 heterocycles. The molecule has 0 aliphatic heterocycles. The highest BCUT2D eigenvalue weighted by molar-refractivity contribution is 7.47. The van der Waals surface area contributed by atoms with Gasteiger partial charge in [0.2, 0.25) is 0 Å². The van der Waals surface area contributed by atoms with Crippen molar-refractivity contribution in [2.45, 2.75) is 6.92 Å². The molecule has 6 heteroatoms. The second-order valence-electron chi connectivity index (χ2n) is 2.79. The number of nitrogens with one attached hydrogen (secondary N) is 1. The molecule has 1 aromatic carbocycles. The van der Waals surface area contributed by atoms with Crippen LogP contribution in [0.3, 0.4) is 0 Å². The molecule has 84 valence electrons. The third-order valence-electron chi connectivity index (χ3n) is 1.75. The van der Waals surface area contributed by atoms with E-state index >= 15 is 0 Å². The minimum absolute atomic E-state index is 0.270. The number of benzene rings is 1. The van der Waals surface area contributed by atoms with E-state index in [0.717, 1.165) is 0 Å². The van der Waals surface area contributed by atoms with Crippen molar-refractivity contribution < 1.29 is 14.3 Å². The van der Waals surface area contributed by atoms with E-state index < -0.39 is 12.0 Å². The summed E-state index contributed by atoms with van der Waals surface area (Å²) >= 11 is 4.23. The average Bonchev–Trinajstić information content (AvgIpc) is 2.30. The molecule has 0 unspecified atom stereocenters. The molecule has 0 bridgehead atoms. The van der Waals surface area contributed by atoms with E-state index in [1.54, 1.807) is 31.2 Å². The molecular formula is C10H10N2O3S. The third-order valence-corrected chi connectivity index (χ3v) is 1.91. The van der Waals surface area contributed by atoms with Gasteiger partial charge in [-0.3, -0.25) is 0 Å². The van der Waals surface area contributed by atoms with Gasteiger partial charge in [0.05, 0.1) is 17.9 Å². The van der Waals surface area contributed by atoms with Gasteiger partial charge in [0.1, 0.15) is 0 Å². The van der Waals surface area contributed by atoms with Crippen LogP contribution < -0.4 is 5.32 Å². The number of esters is 1. The summed E-state index contributed by atoms with van der Waals surface area (Å²) in [6.07, 6.45) is 0. The molecule has 1 rings (SSSR count). The Kier molecular flexibility index (Phi) is 4.53. The van der Waals surface area contributed by atoms with Gasteiger partial charge in [0.25, 0.3) is 0 Å².